The van der Waals surface area contributed by atoms with Crippen LogP contribution in [0.4, 0.5) is 0 Å². The number of nitrogens with two attached hydrogens (primary N) is 1. The number of hydrogen-bond acceptors (Lipinski definition) is 10. The molecule has 0 aliphatic carbocycles. The zero-order valence-corrected chi connectivity index (χ0v) is 31.0. The molecule has 0 aliphatic rings. The maximum absolute atomic E-state index is 13.6. The van der Waals surface area contributed by atoms with Gasteiger partial charge in [-0.1, -0.05) is 56.3 Å². The van der Waals surface area contributed by atoms with E-state index >= 15 is 0 Å². The monoisotopic (exact) mass is 742 g/mol. The lowest BCUT2D eigenvalue weighted by Gasteiger charge is -2.27. The van der Waals surface area contributed by atoms with Crippen molar-refractivity contribution in [2.24, 2.45) is 11.7 Å². The number of phenols is 1. The molecule has 0 saturated carbocycles. The third-order valence-corrected chi connectivity index (χ3v) is 7.79. The van der Waals surface area contributed by atoms with Crippen molar-refractivity contribution < 1.29 is 48.8 Å². The molecule has 6 unspecified atom stereocenters. The minimum absolute atomic E-state index is 0.00479. The van der Waals surface area contributed by atoms with Gasteiger partial charge in [-0.25, -0.2) is 4.79 Å². The highest BCUT2D eigenvalue weighted by atomic mass is 16.5. The average Bonchev–Trinajstić information content (AvgIpc) is 3.07. The maximum atomic E-state index is 13.6. The van der Waals surface area contributed by atoms with Gasteiger partial charge in [0.05, 0.1) is 30.9 Å². The SMILES string of the molecule is CC(C)CC(NC(=O)C(Cc1ccccc1)NC(=O)CNC(=O)C(COC(C)(C)C)NC(=O)C(N)Cc1ccc(O)cc1)C(=O)NC(C(=O)O)C(C)O. The molecule has 0 spiro atoms. The van der Waals surface area contributed by atoms with E-state index in [1.165, 1.54) is 19.1 Å². The fourth-order valence-electron chi connectivity index (χ4n) is 4.99. The second-order valence-corrected chi connectivity index (χ2v) is 14.2. The van der Waals surface area contributed by atoms with Crippen LogP contribution in [0.25, 0.3) is 0 Å². The summed E-state index contributed by atoms with van der Waals surface area (Å²) in [7, 11) is 0. The van der Waals surface area contributed by atoms with Crippen molar-refractivity contribution in [2.75, 3.05) is 13.2 Å². The Labute approximate surface area is 309 Å². The first-order chi connectivity index (χ1) is 24.7. The van der Waals surface area contributed by atoms with Crippen molar-refractivity contribution in [2.45, 2.75) is 103 Å². The Bertz CT molecular complexity index is 1530. The van der Waals surface area contributed by atoms with Gasteiger partial charge in [-0.15, -0.1) is 0 Å². The number of ether oxygens (including phenoxy) is 1. The summed E-state index contributed by atoms with van der Waals surface area (Å²) < 4.78 is 5.75. The molecule has 0 aromatic heterocycles. The molecule has 16 heteroatoms. The van der Waals surface area contributed by atoms with Gasteiger partial charge < -0.3 is 52.4 Å². The average molecular weight is 743 g/mol. The summed E-state index contributed by atoms with van der Waals surface area (Å²) in [5, 5.41) is 41.3. The number of aliphatic hydroxyl groups is 1. The molecule has 5 amide bonds. The lowest BCUT2D eigenvalue weighted by Crippen LogP contribution is -2.59. The molecule has 2 aromatic rings. The van der Waals surface area contributed by atoms with E-state index in [0.717, 1.165) is 0 Å². The molecular formula is C37H54N6O10. The second kappa shape index (κ2) is 20.8. The van der Waals surface area contributed by atoms with Crippen molar-refractivity contribution >= 4 is 35.5 Å². The van der Waals surface area contributed by atoms with Crippen molar-refractivity contribution in [3.8, 4) is 5.75 Å². The lowest BCUT2D eigenvalue weighted by molar-refractivity contribution is -0.145. The molecule has 0 radical (unpaired) electrons. The van der Waals surface area contributed by atoms with Crippen LogP contribution in [0.1, 0.15) is 59.1 Å². The zero-order valence-electron chi connectivity index (χ0n) is 31.0. The topological polar surface area (TPSA) is 259 Å². The predicted molar refractivity (Wildman–Crippen MR) is 195 cm³/mol. The van der Waals surface area contributed by atoms with Gasteiger partial charge in [0.2, 0.25) is 29.5 Å². The van der Waals surface area contributed by atoms with Crippen LogP contribution in [-0.4, -0.2) is 106 Å². The number of aliphatic hydroxyl groups excluding tert-OH is 1. The number of benzene rings is 2. The van der Waals surface area contributed by atoms with E-state index < -0.39 is 84.0 Å². The number of amides is 5. The van der Waals surface area contributed by atoms with Crippen molar-refractivity contribution in [3.05, 3.63) is 65.7 Å². The molecule has 0 bridgehead atoms. The maximum Gasteiger partial charge on any atom is 0.328 e. The van der Waals surface area contributed by atoms with Crippen LogP contribution < -0.4 is 32.3 Å². The van der Waals surface area contributed by atoms with Crippen LogP contribution in [0, 0.1) is 5.92 Å². The molecule has 16 nitrogen and oxygen atoms in total. The molecule has 53 heavy (non-hydrogen) atoms. The highest BCUT2D eigenvalue weighted by Gasteiger charge is 2.32. The third-order valence-electron chi connectivity index (χ3n) is 7.79. The zero-order chi connectivity index (χ0) is 39.9. The van der Waals surface area contributed by atoms with Crippen LogP contribution in [-0.2, 0) is 46.3 Å². The first-order valence-corrected chi connectivity index (χ1v) is 17.4. The van der Waals surface area contributed by atoms with E-state index in [2.05, 4.69) is 26.6 Å². The number of carbonyl (C=O) groups excluding carboxylic acids is 5. The van der Waals surface area contributed by atoms with E-state index in [1.807, 2.05) is 0 Å². The second-order valence-electron chi connectivity index (χ2n) is 14.2. The molecule has 0 aliphatic heterocycles. The van der Waals surface area contributed by atoms with Crippen molar-refractivity contribution in [1.82, 2.24) is 26.6 Å². The Morgan fingerprint density at radius 1 is 0.736 bits per heavy atom. The molecule has 292 valence electrons. The highest BCUT2D eigenvalue weighted by Crippen LogP contribution is 2.12. The number of carboxylic acid groups (broad SMARTS) is 1. The first-order valence-electron chi connectivity index (χ1n) is 17.4. The summed E-state index contributed by atoms with van der Waals surface area (Å²) in [6, 6.07) is 8.56. The van der Waals surface area contributed by atoms with Crippen molar-refractivity contribution in [3.63, 3.8) is 0 Å². The van der Waals surface area contributed by atoms with Crippen LogP contribution in [0.5, 0.6) is 5.75 Å². The summed E-state index contributed by atoms with van der Waals surface area (Å²) in [5.41, 5.74) is 6.78. The lowest BCUT2D eigenvalue weighted by atomic mass is 10.0. The minimum atomic E-state index is -1.62. The quantitative estimate of drug-likeness (QED) is 0.0865. The number of hydrogen-bond donors (Lipinski definition) is 9. The largest absolute Gasteiger partial charge is 0.508 e. The van der Waals surface area contributed by atoms with Gasteiger partial charge in [-0.05, 0) is 69.7 Å². The number of carbonyl (C=O) groups is 6. The molecule has 0 saturated heterocycles. The van der Waals surface area contributed by atoms with Gasteiger partial charge in [0.1, 0.15) is 23.9 Å². The molecule has 0 fully saturated rings. The fourth-order valence-corrected chi connectivity index (χ4v) is 4.99. The Balaban J connectivity index is 2.18. The normalized spacial score (nSPS) is 14.8. The minimum Gasteiger partial charge on any atom is -0.508 e. The van der Waals surface area contributed by atoms with E-state index in [0.29, 0.717) is 11.1 Å². The molecule has 0 heterocycles. The van der Waals surface area contributed by atoms with Crippen LogP contribution >= 0.6 is 0 Å². The molecular weight excluding hydrogens is 688 g/mol. The Morgan fingerprint density at radius 2 is 1.30 bits per heavy atom. The van der Waals surface area contributed by atoms with Gasteiger partial charge in [0.15, 0.2) is 6.04 Å². The van der Waals surface area contributed by atoms with Crippen molar-refractivity contribution in [1.29, 1.82) is 0 Å². The van der Waals surface area contributed by atoms with Crippen LogP contribution in [0.15, 0.2) is 54.6 Å². The van der Waals surface area contributed by atoms with E-state index in [-0.39, 0.29) is 37.5 Å². The van der Waals surface area contributed by atoms with Gasteiger partial charge in [-0.3, -0.25) is 24.0 Å². The molecule has 6 atom stereocenters. The van der Waals surface area contributed by atoms with E-state index in [9.17, 15) is 44.1 Å². The molecule has 10 N–H and O–H groups in total. The third kappa shape index (κ3) is 16.4. The van der Waals surface area contributed by atoms with E-state index in [1.54, 1.807) is 77.1 Å². The van der Waals surface area contributed by atoms with E-state index in [4.69, 9.17) is 10.5 Å². The summed E-state index contributed by atoms with van der Waals surface area (Å²) in [6.45, 7) is 9.26. The number of phenolic OH excluding ortho intramolecular Hbond substituents is 1. The molecule has 2 aromatic carbocycles. The predicted octanol–water partition coefficient (Wildman–Crippen LogP) is -0.113. The standard InChI is InChI=1S/C37H54N6O10/c1-21(2)16-27(35(50)43-31(22(3)44)36(51)52)41-34(49)28(18-23-10-8-7-9-11-23)40-30(46)19-39-33(48)29(20-53-37(4,5)6)42-32(47)26(38)17-24-12-14-25(45)15-13-24/h7-15,21-22,26-29,31,44-45H,16-20,38H2,1-6H3,(H,39,48)(H,40,46)(H,41,49)(H,42,47)(H,43,50)(H,51,52). The Hall–Kier alpha value is -5.06. The highest BCUT2D eigenvalue weighted by molar-refractivity contribution is 5.95. The number of rotatable bonds is 20. The van der Waals surface area contributed by atoms with Crippen LogP contribution in [0.2, 0.25) is 0 Å². The summed E-state index contributed by atoms with van der Waals surface area (Å²) >= 11 is 0. The number of aliphatic carboxylic acids is 1. The smallest absolute Gasteiger partial charge is 0.328 e. The summed E-state index contributed by atoms with van der Waals surface area (Å²) in [5.74, 6) is -5.25. The first kappa shape index (κ1) is 44.1. The van der Waals surface area contributed by atoms with Gasteiger partial charge in [-0.2, -0.15) is 0 Å². The van der Waals surface area contributed by atoms with Gasteiger partial charge in [0.25, 0.3) is 0 Å². The van der Waals surface area contributed by atoms with Crippen LogP contribution in [0.3, 0.4) is 0 Å². The summed E-state index contributed by atoms with van der Waals surface area (Å²) in [4.78, 5) is 77.9. The Kier molecular flexibility index (Phi) is 17.3. The number of aromatic hydroxyl groups is 1. The summed E-state index contributed by atoms with van der Waals surface area (Å²) in [6.07, 6.45) is -1.17. The van der Waals surface area contributed by atoms with Gasteiger partial charge >= 0.3 is 5.97 Å². The number of nitrogens with one attached hydrogen (secondary N) is 5. The molecule has 2 rings (SSSR count). The Morgan fingerprint density at radius 3 is 1.85 bits per heavy atom. The number of carboxylic acids is 1. The fraction of sp³-hybridized carbons (Fsp3) is 0.514. The van der Waals surface area contributed by atoms with Gasteiger partial charge in [0, 0.05) is 6.42 Å².